The highest BCUT2D eigenvalue weighted by atomic mass is 16.5. The van der Waals surface area contributed by atoms with E-state index in [1.807, 2.05) is 36.4 Å². The van der Waals surface area contributed by atoms with E-state index in [2.05, 4.69) is 19.1 Å². The topological polar surface area (TPSA) is 99.3 Å². The zero-order valence-electron chi connectivity index (χ0n) is 19.1. The first-order valence-electron chi connectivity index (χ1n) is 11.0. The summed E-state index contributed by atoms with van der Waals surface area (Å²) in [4.78, 5) is 18.3. The molecule has 0 bridgehead atoms. The largest absolute Gasteiger partial charge is 0.497 e. The van der Waals surface area contributed by atoms with Crippen molar-refractivity contribution in [1.29, 1.82) is 0 Å². The Kier molecular flexibility index (Phi) is 6.40. The van der Waals surface area contributed by atoms with E-state index in [-0.39, 0.29) is 31.8 Å². The molecule has 0 aliphatic carbocycles. The van der Waals surface area contributed by atoms with Crippen LogP contribution < -0.4 is 4.74 Å². The third-order valence-corrected chi connectivity index (χ3v) is 6.15. The molecule has 1 fully saturated rings. The van der Waals surface area contributed by atoms with Gasteiger partial charge in [-0.25, -0.2) is 14.8 Å². The average molecular weight is 452 g/mol. The van der Waals surface area contributed by atoms with Crippen LogP contribution in [0.2, 0.25) is 0 Å². The van der Waals surface area contributed by atoms with Crippen molar-refractivity contribution in [3.63, 3.8) is 0 Å². The summed E-state index contributed by atoms with van der Waals surface area (Å²) in [5, 5.41) is 21.4. The average Bonchev–Trinajstić information content (AvgIpc) is 3.30. The normalized spacial score (nSPS) is 15.4. The van der Waals surface area contributed by atoms with Gasteiger partial charge in [0.25, 0.3) is 0 Å². The molecular formula is C25H29N3O5. The highest BCUT2D eigenvalue weighted by molar-refractivity contribution is 5.77. The maximum Gasteiger partial charge on any atom is 0.343 e. The molecule has 4 rings (SSSR count). The predicted octanol–water partition coefficient (Wildman–Crippen LogP) is 4.30. The maximum absolute atomic E-state index is 12.0. The number of aromatic nitrogens is 1. The number of hydrogen-bond donors (Lipinski definition) is 2. The fourth-order valence-corrected chi connectivity index (χ4v) is 4.04. The van der Waals surface area contributed by atoms with Crippen molar-refractivity contribution in [2.75, 3.05) is 27.2 Å². The molecule has 8 heteroatoms. The Balaban J connectivity index is 1.70. The lowest BCUT2D eigenvalue weighted by Gasteiger charge is -2.36. The summed E-state index contributed by atoms with van der Waals surface area (Å²) < 4.78 is 11.5. The number of hydrogen-bond acceptors (Lipinski definition) is 6. The van der Waals surface area contributed by atoms with Gasteiger partial charge in [0.1, 0.15) is 17.0 Å². The van der Waals surface area contributed by atoms with Crippen LogP contribution in [0.25, 0.3) is 22.6 Å². The molecule has 0 spiro atoms. The second kappa shape index (κ2) is 9.25. The van der Waals surface area contributed by atoms with Crippen molar-refractivity contribution in [2.45, 2.75) is 31.8 Å². The van der Waals surface area contributed by atoms with E-state index >= 15 is 0 Å². The number of urea groups is 1. The smallest absolute Gasteiger partial charge is 0.343 e. The highest BCUT2D eigenvalue weighted by Crippen LogP contribution is 2.40. The second-order valence-corrected chi connectivity index (χ2v) is 8.30. The van der Waals surface area contributed by atoms with Crippen LogP contribution in [0.3, 0.4) is 0 Å². The van der Waals surface area contributed by atoms with Crippen LogP contribution in [0.15, 0.2) is 52.9 Å². The van der Waals surface area contributed by atoms with Gasteiger partial charge in [0.2, 0.25) is 5.89 Å². The van der Waals surface area contributed by atoms with E-state index in [1.54, 1.807) is 7.11 Å². The third kappa shape index (κ3) is 4.58. The number of aliphatic hydroxyl groups is 1. The van der Waals surface area contributed by atoms with Gasteiger partial charge in [-0.3, -0.25) is 5.21 Å². The van der Waals surface area contributed by atoms with E-state index in [1.165, 1.54) is 17.5 Å². The summed E-state index contributed by atoms with van der Waals surface area (Å²) in [7, 11) is 2.90. The molecule has 1 aliphatic rings. The van der Waals surface area contributed by atoms with Gasteiger partial charge >= 0.3 is 6.03 Å². The van der Waals surface area contributed by atoms with Crippen molar-refractivity contribution >= 4 is 6.03 Å². The van der Waals surface area contributed by atoms with E-state index in [9.17, 15) is 15.1 Å². The van der Waals surface area contributed by atoms with Crippen molar-refractivity contribution < 1.29 is 24.3 Å². The minimum atomic E-state index is -1.31. The number of carbonyl (C=O) groups excluding carboxylic acids is 1. The summed E-state index contributed by atoms with van der Waals surface area (Å²) >= 11 is 0. The summed E-state index contributed by atoms with van der Waals surface area (Å²) in [5.41, 5.74) is 2.26. The molecule has 8 nitrogen and oxygen atoms in total. The monoisotopic (exact) mass is 451 g/mol. The van der Waals surface area contributed by atoms with Crippen molar-refractivity contribution in [3.8, 4) is 28.3 Å². The molecule has 2 N–H and O–H groups in total. The number of piperidine rings is 1. The van der Waals surface area contributed by atoms with Gasteiger partial charge in [-0.2, -0.15) is 0 Å². The highest BCUT2D eigenvalue weighted by Gasteiger charge is 2.41. The number of benzene rings is 2. The molecular weight excluding hydrogens is 422 g/mol. The predicted molar refractivity (Wildman–Crippen MR) is 123 cm³/mol. The fourth-order valence-electron chi connectivity index (χ4n) is 4.04. The van der Waals surface area contributed by atoms with Gasteiger partial charge in [-0.1, -0.05) is 31.2 Å². The molecule has 2 heterocycles. The van der Waals surface area contributed by atoms with E-state index < -0.39 is 11.6 Å². The number of methoxy groups -OCH3 is 1. The van der Waals surface area contributed by atoms with Crippen molar-refractivity contribution in [3.05, 3.63) is 60.0 Å². The molecule has 1 aromatic heterocycles. The lowest BCUT2D eigenvalue weighted by atomic mass is 9.91. The van der Waals surface area contributed by atoms with E-state index in [0.29, 0.717) is 16.5 Å². The SMILES string of the molecule is CCc1ccc(-c2oc(C3(O)CCN(C(=O)N(C)O)CC3)nc2-c2ccc(OC)cc2)cc1. The first kappa shape index (κ1) is 22.8. The van der Waals surface area contributed by atoms with Gasteiger partial charge in [0.05, 0.1) is 7.11 Å². The van der Waals surface area contributed by atoms with Crippen molar-refractivity contribution in [1.82, 2.24) is 14.9 Å². The van der Waals surface area contributed by atoms with Crippen LogP contribution in [0, 0.1) is 0 Å². The van der Waals surface area contributed by atoms with Gasteiger partial charge < -0.3 is 19.2 Å². The van der Waals surface area contributed by atoms with Crippen LogP contribution in [0.5, 0.6) is 5.75 Å². The van der Waals surface area contributed by atoms with Crippen LogP contribution in [0.1, 0.15) is 31.2 Å². The molecule has 174 valence electrons. The lowest BCUT2D eigenvalue weighted by Crippen LogP contribution is -2.48. The first-order chi connectivity index (χ1) is 15.8. The van der Waals surface area contributed by atoms with E-state index in [0.717, 1.165) is 23.3 Å². The number of rotatable bonds is 5. The quantitative estimate of drug-likeness (QED) is 0.443. The van der Waals surface area contributed by atoms with Crippen LogP contribution in [0.4, 0.5) is 4.79 Å². The first-order valence-corrected chi connectivity index (χ1v) is 11.0. The third-order valence-electron chi connectivity index (χ3n) is 6.15. The number of likely N-dealkylation sites (tertiary alicyclic amines) is 1. The van der Waals surface area contributed by atoms with Crippen LogP contribution in [-0.4, -0.2) is 58.5 Å². The van der Waals surface area contributed by atoms with Gasteiger partial charge in [-0.15, -0.1) is 0 Å². The number of carbonyl (C=O) groups is 1. The van der Waals surface area contributed by atoms with Gasteiger partial charge in [-0.05, 0) is 36.2 Å². The second-order valence-electron chi connectivity index (χ2n) is 8.30. The maximum atomic E-state index is 12.0. The summed E-state index contributed by atoms with van der Waals surface area (Å²) in [5.74, 6) is 1.55. The molecule has 1 saturated heterocycles. The fraction of sp³-hybridized carbons (Fsp3) is 0.360. The number of nitrogens with zero attached hydrogens (tertiary/aromatic N) is 3. The molecule has 1 aliphatic heterocycles. The molecule has 33 heavy (non-hydrogen) atoms. The standard InChI is InChI=1S/C25H29N3O5/c1-4-17-5-7-19(8-6-17)22-21(18-9-11-20(32-3)12-10-18)26-23(33-22)25(30)13-15-28(16-14-25)24(29)27(2)31/h5-12,30-31H,4,13-16H2,1-3H3. The molecule has 2 amide bonds. The molecule has 0 unspecified atom stereocenters. The van der Waals surface area contributed by atoms with Crippen molar-refractivity contribution in [2.24, 2.45) is 0 Å². The molecule has 2 aromatic carbocycles. The zero-order chi connectivity index (χ0) is 23.6. The Morgan fingerprint density at radius 3 is 2.27 bits per heavy atom. The van der Waals surface area contributed by atoms with Gasteiger partial charge in [0, 0.05) is 44.1 Å². The number of aryl methyl sites for hydroxylation is 1. The Bertz CT molecular complexity index is 1030. The Hall–Kier alpha value is -3.36. The number of hydroxylamine groups is 2. The lowest BCUT2D eigenvalue weighted by molar-refractivity contribution is -0.0639. The number of oxazole rings is 1. The Morgan fingerprint density at radius 2 is 1.73 bits per heavy atom. The minimum Gasteiger partial charge on any atom is -0.497 e. The summed E-state index contributed by atoms with van der Waals surface area (Å²) in [6.45, 7) is 2.66. The van der Waals surface area contributed by atoms with Crippen LogP contribution in [-0.2, 0) is 12.0 Å². The molecule has 0 radical (unpaired) electrons. The summed E-state index contributed by atoms with van der Waals surface area (Å²) in [6.07, 6.45) is 1.44. The zero-order valence-corrected chi connectivity index (χ0v) is 19.1. The van der Waals surface area contributed by atoms with E-state index in [4.69, 9.17) is 14.1 Å². The Morgan fingerprint density at radius 1 is 1.12 bits per heavy atom. The number of ether oxygens (including phenoxy) is 1. The Labute approximate surface area is 193 Å². The van der Waals surface area contributed by atoms with Crippen LogP contribution >= 0.6 is 0 Å². The summed E-state index contributed by atoms with van der Waals surface area (Å²) in [6, 6.07) is 15.1. The molecule has 0 saturated carbocycles. The molecule has 0 atom stereocenters. The van der Waals surface area contributed by atoms with Gasteiger partial charge in [0.15, 0.2) is 5.76 Å². The minimum absolute atomic E-state index is 0.229. The molecule has 3 aromatic rings. The number of amides is 2.